The Kier molecular flexibility index (Phi) is 6.52. The van der Waals surface area contributed by atoms with Gasteiger partial charge >= 0.3 is 6.18 Å². The molecule has 0 N–H and O–H groups in total. The number of aromatic nitrogens is 1. The number of ether oxygens (including phenoxy) is 1. The van der Waals surface area contributed by atoms with Gasteiger partial charge in [-0.15, -0.1) is 0 Å². The van der Waals surface area contributed by atoms with Crippen LogP contribution in [0.4, 0.5) is 13.2 Å². The molecule has 1 heterocycles. The Morgan fingerprint density at radius 2 is 1.50 bits per heavy atom. The summed E-state index contributed by atoms with van der Waals surface area (Å²) in [6.07, 6.45) is -3.36. The highest BCUT2D eigenvalue weighted by molar-refractivity contribution is 6.16. The zero-order valence-corrected chi connectivity index (χ0v) is 21.2. The second kappa shape index (κ2) is 10.3. The van der Waals surface area contributed by atoms with Crippen molar-refractivity contribution in [2.24, 2.45) is 0 Å². The van der Waals surface area contributed by atoms with Crippen LogP contribution < -0.4 is 4.74 Å². The number of pyridine rings is 1. The molecule has 0 aliphatic carbocycles. The largest absolute Gasteiger partial charge is 0.489 e. The number of para-hydroxylation sites is 1. The summed E-state index contributed by atoms with van der Waals surface area (Å²) in [7, 11) is 0. The van der Waals surface area contributed by atoms with Crippen LogP contribution >= 0.6 is 0 Å². The molecule has 5 aromatic carbocycles. The lowest BCUT2D eigenvalue weighted by atomic mass is 9.91. The van der Waals surface area contributed by atoms with Gasteiger partial charge in [0.25, 0.3) is 0 Å². The SMILES string of the molecule is O=C(c1ccccc1)c1cnc2c(C(F)(F)F)cccc2c1-c1cccc(OCc2ccc3ccccc3c2)c1. The molecule has 0 atom stereocenters. The maximum Gasteiger partial charge on any atom is 0.418 e. The van der Waals surface area contributed by atoms with Gasteiger partial charge in [-0.2, -0.15) is 13.2 Å². The molecule has 6 heteroatoms. The van der Waals surface area contributed by atoms with Crippen LogP contribution in [0.1, 0.15) is 27.0 Å². The smallest absolute Gasteiger partial charge is 0.418 e. The molecule has 0 aliphatic heterocycles. The number of ketones is 1. The Morgan fingerprint density at radius 3 is 2.30 bits per heavy atom. The molecule has 0 spiro atoms. The van der Waals surface area contributed by atoms with E-state index in [0.717, 1.165) is 22.4 Å². The van der Waals surface area contributed by atoms with E-state index in [4.69, 9.17) is 4.74 Å². The molecule has 196 valence electrons. The van der Waals surface area contributed by atoms with E-state index in [-0.39, 0.29) is 22.2 Å². The Labute approximate surface area is 228 Å². The van der Waals surface area contributed by atoms with E-state index in [1.165, 1.54) is 12.3 Å². The molecule has 0 bridgehead atoms. The monoisotopic (exact) mass is 533 g/mol. The minimum atomic E-state index is -4.60. The van der Waals surface area contributed by atoms with E-state index in [9.17, 15) is 18.0 Å². The lowest BCUT2D eigenvalue weighted by molar-refractivity contribution is -0.136. The Balaban J connectivity index is 1.44. The van der Waals surface area contributed by atoms with Crippen LogP contribution in [0, 0.1) is 0 Å². The van der Waals surface area contributed by atoms with E-state index in [2.05, 4.69) is 11.1 Å². The fourth-order valence-electron chi connectivity index (χ4n) is 4.92. The van der Waals surface area contributed by atoms with E-state index in [0.29, 0.717) is 29.0 Å². The van der Waals surface area contributed by atoms with Gasteiger partial charge in [-0.3, -0.25) is 9.78 Å². The van der Waals surface area contributed by atoms with Crippen LogP contribution in [0.2, 0.25) is 0 Å². The number of halogens is 3. The number of hydrogen-bond donors (Lipinski definition) is 0. The topological polar surface area (TPSA) is 39.2 Å². The molecule has 0 fully saturated rings. The van der Waals surface area contributed by atoms with Crippen LogP contribution in [0.5, 0.6) is 5.75 Å². The normalized spacial score (nSPS) is 11.6. The van der Waals surface area contributed by atoms with Crippen molar-refractivity contribution < 1.29 is 22.7 Å². The Hall–Kier alpha value is -4.97. The van der Waals surface area contributed by atoms with Crippen LogP contribution in [0.3, 0.4) is 0 Å². The second-order valence-corrected chi connectivity index (χ2v) is 9.44. The fraction of sp³-hybridized carbons (Fsp3) is 0.0588. The van der Waals surface area contributed by atoms with E-state index < -0.39 is 11.7 Å². The average molecular weight is 534 g/mol. The first-order valence-corrected chi connectivity index (χ1v) is 12.7. The molecule has 6 rings (SSSR count). The summed E-state index contributed by atoms with van der Waals surface area (Å²) in [4.78, 5) is 17.7. The van der Waals surface area contributed by atoms with Crippen LogP contribution in [0.25, 0.3) is 32.8 Å². The molecule has 40 heavy (non-hydrogen) atoms. The van der Waals surface area contributed by atoms with Gasteiger partial charge in [-0.25, -0.2) is 0 Å². The quantitative estimate of drug-likeness (QED) is 0.201. The average Bonchev–Trinajstić information content (AvgIpc) is 2.98. The van der Waals surface area contributed by atoms with Gasteiger partial charge in [-0.1, -0.05) is 91.0 Å². The molecule has 0 radical (unpaired) electrons. The summed E-state index contributed by atoms with van der Waals surface area (Å²) in [5, 5.41) is 2.47. The van der Waals surface area contributed by atoms with Crippen LogP contribution in [-0.2, 0) is 12.8 Å². The van der Waals surface area contributed by atoms with Crippen molar-refractivity contribution in [3.05, 3.63) is 144 Å². The Bertz CT molecular complexity index is 1860. The van der Waals surface area contributed by atoms with Gasteiger partial charge < -0.3 is 4.74 Å². The van der Waals surface area contributed by atoms with Crippen molar-refractivity contribution in [2.45, 2.75) is 12.8 Å². The molecule has 0 saturated heterocycles. The van der Waals surface area contributed by atoms with Crippen molar-refractivity contribution >= 4 is 27.5 Å². The van der Waals surface area contributed by atoms with Gasteiger partial charge in [0, 0.05) is 28.3 Å². The van der Waals surface area contributed by atoms with Gasteiger partial charge in [0.15, 0.2) is 5.78 Å². The van der Waals surface area contributed by atoms with Crippen molar-refractivity contribution in [3.63, 3.8) is 0 Å². The number of alkyl halides is 3. The first kappa shape index (κ1) is 25.3. The summed E-state index contributed by atoms with van der Waals surface area (Å²) in [6, 6.07) is 33.7. The molecule has 6 aromatic rings. The third-order valence-corrected chi connectivity index (χ3v) is 6.83. The van der Waals surface area contributed by atoms with Gasteiger partial charge in [0.1, 0.15) is 12.4 Å². The highest BCUT2D eigenvalue weighted by Gasteiger charge is 2.34. The van der Waals surface area contributed by atoms with Crippen molar-refractivity contribution in [3.8, 4) is 16.9 Å². The van der Waals surface area contributed by atoms with Crippen LogP contribution in [0.15, 0.2) is 121 Å². The maximum atomic E-state index is 13.9. The number of carbonyl (C=O) groups excluding carboxylic acids is 1. The molecular formula is C34H22F3NO2. The summed E-state index contributed by atoms with van der Waals surface area (Å²) in [5.41, 5.74) is 1.48. The molecule has 0 saturated carbocycles. The zero-order chi connectivity index (χ0) is 27.7. The van der Waals surface area contributed by atoms with E-state index >= 15 is 0 Å². The molecule has 0 aliphatic rings. The third kappa shape index (κ3) is 4.92. The minimum Gasteiger partial charge on any atom is -0.489 e. The second-order valence-electron chi connectivity index (χ2n) is 9.44. The van der Waals surface area contributed by atoms with Crippen molar-refractivity contribution in [1.29, 1.82) is 0 Å². The predicted molar refractivity (Wildman–Crippen MR) is 150 cm³/mol. The molecule has 3 nitrogen and oxygen atoms in total. The number of rotatable bonds is 6. The molecule has 0 amide bonds. The number of carbonyl (C=O) groups is 1. The van der Waals surface area contributed by atoms with Crippen LogP contribution in [-0.4, -0.2) is 10.8 Å². The number of benzene rings is 5. The summed E-state index contributed by atoms with van der Waals surface area (Å²) in [6.45, 7) is 0.305. The number of nitrogens with zero attached hydrogens (tertiary/aromatic N) is 1. The highest BCUT2D eigenvalue weighted by atomic mass is 19.4. The fourth-order valence-corrected chi connectivity index (χ4v) is 4.92. The van der Waals surface area contributed by atoms with Gasteiger partial charge in [-0.05, 0) is 46.2 Å². The molecule has 0 unspecified atom stereocenters. The summed E-state index contributed by atoms with van der Waals surface area (Å²) < 4.78 is 47.7. The standard InChI is InChI=1S/C34H22F3NO2/c35-34(36,37)30-15-7-14-28-31(29(20-38-32(28)30)33(39)24-9-2-1-3-10-24)26-12-6-13-27(19-26)40-21-22-16-17-23-8-4-5-11-25(23)18-22/h1-20H,21H2. The van der Waals surface area contributed by atoms with E-state index in [1.807, 2.05) is 36.4 Å². The number of hydrogen-bond acceptors (Lipinski definition) is 3. The van der Waals surface area contributed by atoms with E-state index in [1.54, 1.807) is 60.7 Å². The summed E-state index contributed by atoms with van der Waals surface area (Å²) in [5.74, 6) is 0.200. The summed E-state index contributed by atoms with van der Waals surface area (Å²) >= 11 is 0. The third-order valence-electron chi connectivity index (χ3n) is 6.83. The lowest BCUT2D eigenvalue weighted by Crippen LogP contribution is -2.09. The van der Waals surface area contributed by atoms with Gasteiger partial charge in [0.2, 0.25) is 0 Å². The first-order valence-electron chi connectivity index (χ1n) is 12.7. The maximum absolute atomic E-state index is 13.9. The number of fused-ring (bicyclic) bond motifs is 2. The first-order chi connectivity index (χ1) is 19.4. The lowest BCUT2D eigenvalue weighted by Gasteiger charge is -2.16. The predicted octanol–water partition coefficient (Wildman–Crippen LogP) is 8.88. The zero-order valence-electron chi connectivity index (χ0n) is 21.2. The Morgan fingerprint density at radius 1 is 0.750 bits per heavy atom. The van der Waals surface area contributed by atoms with Crippen molar-refractivity contribution in [1.82, 2.24) is 4.98 Å². The van der Waals surface area contributed by atoms with Gasteiger partial charge in [0.05, 0.1) is 11.1 Å². The highest BCUT2D eigenvalue weighted by Crippen LogP contribution is 2.39. The van der Waals surface area contributed by atoms with Crippen molar-refractivity contribution in [2.75, 3.05) is 0 Å². The molecule has 1 aromatic heterocycles. The molecular weight excluding hydrogens is 511 g/mol. The minimum absolute atomic E-state index is 0.211.